The Morgan fingerprint density at radius 1 is 1.79 bits per heavy atom. The molecule has 0 radical (unpaired) electrons. The Bertz CT molecular complexity index is 330. The van der Waals surface area contributed by atoms with Crippen molar-refractivity contribution >= 4 is 21.9 Å². The third kappa shape index (κ3) is 3.08. The summed E-state index contributed by atoms with van der Waals surface area (Å²) in [5.74, 6) is -0.314. The second-order valence-electron chi connectivity index (χ2n) is 2.80. The number of hydrogen-bond acceptors (Lipinski definition) is 4. The molecule has 0 aliphatic heterocycles. The van der Waals surface area contributed by atoms with Crippen LogP contribution in [-0.4, -0.2) is 18.1 Å². The van der Waals surface area contributed by atoms with Gasteiger partial charge in [0, 0.05) is 12.2 Å². The van der Waals surface area contributed by atoms with E-state index in [0.29, 0.717) is 4.60 Å². The molecule has 1 aromatic rings. The van der Waals surface area contributed by atoms with Crippen LogP contribution < -0.4 is 5.73 Å². The standard InChI is InChI=1S/C9H11BrN2O2/c1-14-9(13)5-7(11)6-2-3-12-8(10)4-6/h2-4,7H,5,11H2,1H3/t7-/m1/s1. The van der Waals surface area contributed by atoms with Crippen molar-refractivity contribution in [2.45, 2.75) is 12.5 Å². The number of ether oxygens (including phenoxy) is 1. The third-order valence-electron chi connectivity index (χ3n) is 1.79. The monoisotopic (exact) mass is 258 g/mol. The minimum absolute atomic E-state index is 0.174. The maximum Gasteiger partial charge on any atom is 0.307 e. The number of carbonyl (C=O) groups is 1. The second kappa shape index (κ2) is 5.07. The molecule has 76 valence electrons. The SMILES string of the molecule is COC(=O)C[C@@H](N)c1ccnc(Br)c1. The van der Waals surface area contributed by atoms with E-state index in [1.54, 1.807) is 18.3 Å². The molecule has 2 N–H and O–H groups in total. The van der Waals surface area contributed by atoms with Crippen molar-refractivity contribution < 1.29 is 9.53 Å². The fraction of sp³-hybridized carbons (Fsp3) is 0.333. The third-order valence-corrected chi connectivity index (χ3v) is 2.23. The number of methoxy groups -OCH3 is 1. The molecule has 1 rings (SSSR count). The summed E-state index contributed by atoms with van der Waals surface area (Å²) in [7, 11) is 1.34. The quantitative estimate of drug-likeness (QED) is 0.658. The molecule has 0 saturated heterocycles. The minimum atomic E-state index is -0.346. The molecule has 1 heterocycles. The van der Waals surface area contributed by atoms with Gasteiger partial charge in [0.1, 0.15) is 4.60 Å². The van der Waals surface area contributed by atoms with Gasteiger partial charge < -0.3 is 10.5 Å². The van der Waals surface area contributed by atoms with Crippen molar-refractivity contribution in [2.24, 2.45) is 5.73 Å². The zero-order chi connectivity index (χ0) is 10.6. The fourth-order valence-electron chi connectivity index (χ4n) is 1.03. The molecule has 1 atom stereocenters. The highest BCUT2D eigenvalue weighted by Gasteiger charge is 2.11. The first-order valence-corrected chi connectivity index (χ1v) is 4.86. The molecule has 4 nitrogen and oxygen atoms in total. The number of nitrogens with two attached hydrogens (primary N) is 1. The highest BCUT2D eigenvalue weighted by atomic mass is 79.9. The number of halogens is 1. The average Bonchev–Trinajstić information content (AvgIpc) is 2.17. The van der Waals surface area contributed by atoms with E-state index < -0.39 is 0 Å². The summed E-state index contributed by atoms with van der Waals surface area (Å²) in [6.45, 7) is 0. The lowest BCUT2D eigenvalue weighted by Crippen LogP contribution is -2.16. The number of rotatable bonds is 3. The fourth-order valence-corrected chi connectivity index (χ4v) is 1.41. The lowest BCUT2D eigenvalue weighted by atomic mass is 10.1. The first-order chi connectivity index (χ1) is 6.63. The highest BCUT2D eigenvalue weighted by Crippen LogP contribution is 2.17. The van der Waals surface area contributed by atoms with Crippen molar-refractivity contribution in [1.29, 1.82) is 0 Å². The van der Waals surface area contributed by atoms with E-state index in [1.807, 2.05) is 0 Å². The predicted octanol–water partition coefficient (Wildman–Crippen LogP) is 1.41. The van der Waals surface area contributed by atoms with Gasteiger partial charge in [-0.05, 0) is 33.6 Å². The average molecular weight is 259 g/mol. The molecule has 0 unspecified atom stereocenters. The largest absolute Gasteiger partial charge is 0.469 e. The van der Waals surface area contributed by atoms with Gasteiger partial charge in [0.2, 0.25) is 0 Å². The molecule has 5 heteroatoms. The van der Waals surface area contributed by atoms with E-state index in [9.17, 15) is 4.79 Å². The van der Waals surface area contributed by atoms with Crippen molar-refractivity contribution in [3.63, 3.8) is 0 Å². The molecule has 1 aromatic heterocycles. The number of esters is 1. The summed E-state index contributed by atoms with van der Waals surface area (Å²) in [5.41, 5.74) is 6.65. The van der Waals surface area contributed by atoms with Gasteiger partial charge in [-0.1, -0.05) is 0 Å². The summed E-state index contributed by atoms with van der Waals surface area (Å²) in [6.07, 6.45) is 1.81. The van der Waals surface area contributed by atoms with Crippen LogP contribution in [0.5, 0.6) is 0 Å². The van der Waals surface area contributed by atoms with E-state index in [1.165, 1.54) is 7.11 Å². The molecule has 0 fully saturated rings. The van der Waals surface area contributed by atoms with Gasteiger partial charge in [0.25, 0.3) is 0 Å². The number of carbonyl (C=O) groups excluding carboxylic acids is 1. The Balaban J connectivity index is 2.69. The lowest BCUT2D eigenvalue weighted by Gasteiger charge is -2.10. The zero-order valence-corrected chi connectivity index (χ0v) is 9.32. The van der Waals surface area contributed by atoms with Gasteiger partial charge >= 0.3 is 5.97 Å². The van der Waals surface area contributed by atoms with Gasteiger partial charge in [0.15, 0.2) is 0 Å². The van der Waals surface area contributed by atoms with Crippen LogP contribution in [0.15, 0.2) is 22.9 Å². The molecule has 0 aliphatic rings. The smallest absolute Gasteiger partial charge is 0.307 e. The van der Waals surface area contributed by atoms with E-state index in [4.69, 9.17) is 5.73 Å². The molecule has 0 amide bonds. The van der Waals surface area contributed by atoms with E-state index in [-0.39, 0.29) is 18.4 Å². The number of hydrogen-bond donors (Lipinski definition) is 1. The van der Waals surface area contributed by atoms with Gasteiger partial charge in [-0.15, -0.1) is 0 Å². The molecule has 14 heavy (non-hydrogen) atoms. The maximum atomic E-state index is 11.0. The van der Waals surface area contributed by atoms with Crippen LogP contribution in [0.3, 0.4) is 0 Å². The van der Waals surface area contributed by atoms with Crippen LogP contribution in [0.4, 0.5) is 0 Å². The summed E-state index contributed by atoms with van der Waals surface area (Å²) < 4.78 is 5.23. The Kier molecular flexibility index (Phi) is 4.03. The summed E-state index contributed by atoms with van der Waals surface area (Å²) in [6, 6.07) is 3.22. The van der Waals surface area contributed by atoms with Gasteiger partial charge in [-0.2, -0.15) is 0 Å². The number of nitrogens with zero attached hydrogens (tertiary/aromatic N) is 1. The Morgan fingerprint density at radius 2 is 2.50 bits per heavy atom. The van der Waals surface area contributed by atoms with Crippen LogP contribution in [0.2, 0.25) is 0 Å². The predicted molar refractivity (Wildman–Crippen MR) is 55.5 cm³/mol. The molecule has 0 aromatic carbocycles. The molecule has 0 aliphatic carbocycles. The van der Waals surface area contributed by atoms with Crippen LogP contribution in [0, 0.1) is 0 Å². The van der Waals surface area contributed by atoms with Gasteiger partial charge in [-0.25, -0.2) is 4.98 Å². The van der Waals surface area contributed by atoms with E-state index >= 15 is 0 Å². The molecule has 0 spiro atoms. The Labute approximate surface area is 90.6 Å². The lowest BCUT2D eigenvalue weighted by molar-refractivity contribution is -0.141. The normalized spacial score (nSPS) is 12.2. The van der Waals surface area contributed by atoms with Crippen molar-refractivity contribution in [1.82, 2.24) is 4.98 Å². The van der Waals surface area contributed by atoms with Crippen LogP contribution in [-0.2, 0) is 9.53 Å². The van der Waals surface area contributed by atoms with Gasteiger partial charge in [0.05, 0.1) is 13.5 Å². The van der Waals surface area contributed by atoms with E-state index in [0.717, 1.165) is 5.56 Å². The van der Waals surface area contributed by atoms with Gasteiger partial charge in [-0.3, -0.25) is 4.79 Å². The van der Waals surface area contributed by atoms with Crippen molar-refractivity contribution in [3.8, 4) is 0 Å². The Hall–Kier alpha value is -0.940. The van der Waals surface area contributed by atoms with Crippen molar-refractivity contribution in [3.05, 3.63) is 28.5 Å². The van der Waals surface area contributed by atoms with Crippen LogP contribution in [0.1, 0.15) is 18.0 Å². The highest BCUT2D eigenvalue weighted by molar-refractivity contribution is 9.10. The molecule has 0 bridgehead atoms. The minimum Gasteiger partial charge on any atom is -0.469 e. The zero-order valence-electron chi connectivity index (χ0n) is 7.74. The Morgan fingerprint density at radius 3 is 3.07 bits per heavy atom. The molecule has 0 saturated carbocycles. The number of aromatic nitrogens is 1. The number of pyridine rings is 1. The molecular weight excluding hydrogens is 248 g/mol. The summed E-state index contributed by atoms with van der Waals surface area (Å²) in [5, 5.41) is 0. The second-order valence-corrected chi connectivity index (χ2v) is 3.61. The van der Waals surface area contributed by atoms with Crippen LogP contribution >= 0.6 is 15.9 Å². The summed E-state index contributed by atoms with van der Waals surface area (Å²) >= 11 is 3.23. The first kappa shape index (κ1) is 11.1. The topological polar surface area (TPSA) is 65.2 Å². The maximum absolute atomic E-state index is 11.0. The van der Waals surface area contributed by atoms with E-state index in [2.05, 4.69) is 25.7 Å². The molecular formula is C9H11BrN2O2. The first-order valence-electron chi connectivity index (χ1n) is 4.07. The van der Waals surface area contributed by atoms with Crippen molar-refractivity contribution in [2.75, 3.05) is 7.11 Å². The van der Waals surface area contributed by atoms with Crippen LogP contribution in [0.25, 0.3) is 0 Å². The summed E-state index contributed by atoms with van der Waals surface area (Å²) in [4.78, 5) is 14.9.